The van der Waals surface area contributed by atoms with Crippen LogP contribution in [0.15, 0.2) is 11.4 Å². The van der Waals surface area contributed by atoms with E-state index in [1.165, 1.54) is 17.4 Å². The lowest BCUT2D eigenvalue weighted by atomic mass is 10.5. The van der Waals surface area contributed by atoms with Crippen LogP contribution in [-0.4, -0.2) is 0 Å². The van der Waals surface area contributed by atoms with Gasteiger partial charge in [-0.25, -0.2) is 4.39 Å². The molecule has 44 valence electrons. The molecule has 0 aliphatic heterocycles. The number of hydrogen-bond acceptors (Lipinski definition) is 1. The molecule has 0 atom stereocenters. The van der Waals surface area contributed by atoms with E-state index in [9.17, 15) is 4.39 Å². The Morgan fingerprint density at radius 2 is 2.50 bits per heavy atom. The number of halogens is 2. The van der Waals surface area contributed by atoms with Crippen LogP contribution < -0.4 is 0 Å². The van der Waals surface area contributed by atoms with Gasteiger partial charge >= 0.3 is 0 Å². The third-order valence-corrected chi connectivity index (χ3v) is 2.64. The first-order chi connectivity index (χ1) is 3.84. The zero-order valence-corrected chi connectivity index (χ0v) is 6.43. The Hall–Kier alpha value is 0.110. The van der Waals surface area contributed by atoms with Crippen LogP contribution in [0.4, 0.5) is 4.39 Å². The lowest BCUT2D eigenvalue weighted by molar-refractivity contribution is 0.625. The van der Waals surface area contributed by atoms with Gasteiger partial charge in [-0.1, -0.05) is 15.9 Å². The van der Waals surface area contributed by atoms with Crippen molar-refractivity contribution in [3.63, 3.8) is 0 Å². The second-order valence-corrected chi connectivity index (χ2v) is 2.89. The molecule has 0 aliphatic carbocycles. The van der Waals surface area contributed by atoms with E-state index < -0.39 is 0 Å². The Kier molecular flexibility index (Phi) is 2.02. The van der Waals surface area contributed by atoms with Crippen molar-refractivity contribution in [1.29, 1.82) is 0 Å². The summed E-state index contributed by atoms with van der Waals surface area (Å²) in [5.74, 6) is -0.105. The molecular weight excluding hydrogens is 191 g/mol. The predicted octanol–water partition coefficient (Wildman–Crippen LogP) is 2.78. The van der Waals surface area contributed by atoms with Crippen molar-refractivity contribution in [3.8, 4) is 0 Å². The fraction of sp³-hybridized carbons (Fsp3) is 0.200. The number of hydrogen-bond donors (Lipinski definition) is 0. The highest BCUT2D eigenvalue weighted by Gasteiger charge is 1.98. The molecule has 3 heteroatoms. The van der Waals surface area contributed by atoms with Crippen LogP contribution in [0.3, 0.4) is 0 Å². The summed E-state index contributed by atoms with van der Waals surface area (Å²) in [4.78, 5) is 0.769. The van der Waals surface area contributed by atoms with Gasteiger partial charge in [0.1, 0.15) is 5.82 Å². The third-order valence-electron chi connectivity index (χ3n) is 0.812. The molecule has 0 spiro atoms. The Morgan fingerprint density at radius 3 is 2.75 bits per heavy atom. The number of thiophene rings is 1. The minimum atomic E-state index is -0.105. The lowest BCUT2D eigenvalue weighted by Gasteiger charge is -1.82. The van der Waals surface area contributed by atoms with E-state index in [4.69, 9.17) is 0 Å². The molecule has 0 aliphatic rings. The summed E-state index contributed by atoms with van der Waals surface area (Å²) in [6, 6.07) is 1.47. The molecule has 0 bridgehead atoms. The number of rotatable bonds is 1. The van der Waals surface area contributed by atoms with Gasteiger partial charge in [-0.15, -0.1) is 11.3 Å². The predicted molar refractivity (Wildman–Crippen MR) is 36.9 cm³/mol. The van der Waals surface area contributed by atoms with E-state index in [-0.39, 0.29) is 5.82 Å². The smallest absolute Gasteiger partial charge is 0.137 e. The van der Waals surface area contributed by atoms with Gasteiger partial charge in [0.15, 0.2) is 0 Å². The van der Waals surface area contributed by atoms with Gasteiger partial charge in [0, 0.05) is 5.33 Å². The molecule has 0 radical (unpaired) electrons. The van der Waals surface area contributed by atoms with Gasteiger partial charge < -0.3 is 0 Å². The molecule has 0 N–H and O–H groups in total. The number of alkyl halides is 1. The summed E-state index contributed by atoms with van der Waals surface area (Å²) in [6.07, 6.45) is 0. The first kappa shape index (κ1) is 6.23. The molecule has 0 nitrogen and oxygen atoms in total. The molecule has 1 rings (SSSR count). The van der Waals surface area contributed by atoms with Crippen molar-refractivity contribution >= 4 is 27.3 Å². The van der Waals surface area contributed by atoms with Crippen molar-refractivity contribution in [3.05, 3.63) is 22.1 Å². The van der Waals surface area contributed by atoms with E-state index in [1.54, 1.807) is 5.38 Å². The first-order valence-corrected chi connectivity index (χ1v) is 4.12. The molecule has 8 heavy (non-hydrogen) atoms. The lowest BCUT2D eigenvalue weighted by Crippen LogP contribution is -1.70. The summed E-state index contributed by atoms with van der Waals surface area (Å²) >= 11 is 4.59. The van der Waals surface area contributed by atoms with Crippen molar-refractivity contribution in [1.82, 2.24) is 0 Å². The molecule has 1 aromatic heterocycles. The maximum Gasteiger partial charge on any atom is 0.137 e. The van der Waals surface area contributed by atoms with E-state index in [0.717, 1.165) is 4.88 Å². The van der Waals surface area contributed by atoms with Gasteiger partial charge in [0.05, 0.1) is 4.88 Å². The molecule has 0 saturated heterocycles. The molecule has 0 aromatic carbocycles. The van der Waals surface area contributed by atoms with E-state index >= 15 is 0 Å². The van der Waals surface area contributed by atoms with Gasteiger partial charge in [-0.05, 0) is 11.4 Å². The quantitative estimate of drug-likeness (QED) is 0.604. The standard InChI is InChI=1S/C5H4BrFS/c6-3-5-4(7)1-2-8-5/h1-2H,3H2. The van der Waals surface area contributed by atoms with Crippen molar-refractivity contribution in [2.45, 2.75) is 5.33 Å². The average Bonchev–Trinajstić information content (AvgIpc) is 2.14. The molecule has 1 heterocycles. The highest BCUT2D eigenvalue weighted by molar-refractivity contribution is 9.08. The molecule has 0 fully saturated rings. The third kappa shape index (κ3) is 1.09. The molecule has 0 amide bonds. The summed E-state index contributed by atoms with van der Waals surface area (Å²) in [6.45, 7) is 0. The highest BCUT2D eigenvalue weighted by atomic mass is 79.9. The van der Waals surface area contributed by atoms with Crippen LogP contribution in [0.1, 0.15) is 4.88 Å². The van der Waals surface area contributed by atoms with Crippen LogP contribution in [0.2, 0.25) is 0 Å². The summed E-state index contributed by atoms with van der Waals surface area (Å²) in [5, 5.41) is 2.36. The zero-order valence-electron chi connectivity index (χ0n) is 4.03. The molecule has 1 aromatic rings. The first-order valence-electron chi connectivity index (χ1n) is 2.12. The van der Waals surface area contributed by atoms with Crippen molar-refractivity contribution in [2.75, 3.05) is 0 Å². The Bertz CT molecular complexity index is 173. The van der Waals surface area contributed by atoms with Crippen LogP contribution in [0, 0.1) is 5.82 Å². The normalized spacial score (nSPS) is 9.75. The molecule has 0 saturated carbocycles. The summed E-state index contributed by atoms with van der Waals surface area (Å²) in [5.41, 5.74) is 0. The molecular formula is C5H4BrFS. The maximum absolute atomic E-state index is 12.3. The van der Waals surface area contributed by atoms with Gasteiger partial charge in [0.25, 0.3) is 0 Å². The van der Waals surface area contributed by atoms with E-state index in [2.05, 4.69) is 15.9 Å². The van der Waals surface area contributed by atoms with E-state index in [0.29, 0.717) is 5.33 Å². The Labute approximate surface area is 59.5 Å². The van der Waals surface area contributed by atoms with Gasteiger partial charge in [0.2, 0.25) is 0 Å². The highest BCUT2D eigenvalue weighted by Crippen LogP contribution is 2.16. The van der Waals surface area contributed by atoms with Crippen LogP contribution in [0.25, 0.3) is 0 Å². The monoisotopic (exact) mass is 194 g/mol. The van der Waals surface area contributed by atoms with Crippen molar-refractivity contribution in [2.24, 2.45) is 0 Å². The van der Waals surface area contributed by atoms with Gasteiger partial charge in [-0.3, -0.25) is 0 Å². The molecule has 0 unspecified atom stereocenters. The van der Waals surface area contributed by atoms with Crippen molar-refractivity contribution < 1.29 is 4.39 Å². The van der Waals surface area contributed by atoms with Crippen LogP contribution in [0.5, 0.6) is 0 Å². The van der Waals surface area contributed by atoms with Crippen LogP contribution >= 0.6 is 27.3 Å². The van der Waals surface area contributed by atoms with Gasteiger partial charge in [-0.2, -0.15) is 0 Å². The minimum Gasteiger partial charge on any atom is -0.206 e. The SMILES string of the molecule is Fc1ccsc1CBr. The zero-order chi connectivity index (χ0) is 5.98. The summed E-state index contributed by atoms with van der Waals surface area (Å²) in [7, 11) is 0. The fourth-order valence-corrected chi connectivity index (χ4v) is 1.68. The Balaban J connectivity index is 2.92. The fourth-order valence-electron chi connectivity index (χ4n) is 0.420. The largest absolute Gasteiger partial charge is 0.206 e. The van der Waals surface area contributed by atoms with E-state index in [1.807, 2.05) is 0 Å². The Morgan fingerprint density at radius 1 is 1.75 bits per heavy atom. The average molecular weight is 195 g/mol. The maximum atomic E-state index is 12.3. The summed E-state index contributed by atoms with van der Waals surface area (Å²) < 4.78 is 12.3. The topological polar surface area (TPSA) is 0 Å². The second-order valence-electron chi connectivity index (χ2n) is 1.33. The second kappa shape index (κ2) is 2.60. The minimum absolute atomic E-state index is 0.105. The van der Waals surface area contributed by atoms with Crippen LogP contribution in [-0.2, 0) is 5.33 Å².